The van der Waals surface area contributed by atoms with E-state index < -0.39 is 0 Å². The number of hydrogen-bond acceptors (Lipinski definition) is 4. The van der Waals surface area contributed by atoms with Gasteiger partial charge in [0.2, 0.25) is 0 Å². The minimum absolute atomic E-state index is 0.136. The van der Waals surface area contributed by atoms with Crippen molar-refractivity contribution in [2.45, 2.75) is 0 Å². The fraction of sp³-hybridized carbons (Fsp3) is 0. The zero-order chi connectivity index (χ0) is 9.97. The molecule has 2 aromatic rings. The molecule has 0 aliphatic heterocycles. The molecule has 0 aromatic carbocycles. The molecule has 0 saturated heterocycles. The molecule has 0 amide bonds. The van der Waals surface area contributed by atoms with Crippen LogP contribution in [-0.2, 0) is 0 Å². The Labute approximate surface area is 80.1 Å². The third-order valence-electron chi connectivity index (χ3n) is 1.70. The molecule has 2 aromatic heterocycles. The Kier molecular flexibility index (Phi) is 1.98. The highest BCUT2D eigenvalue weighted by atomic mass is 16.4. The number of nitrogens with one attached hydrogen (secondary N) is 1. The van der Waals surface area contributed by atoms with Crippen LogP contribution in [0.25, 0.3) is 11.3 Å². The van der Waals surface area contributed by atoms with Crippen molar-refractivity contribution in [1.82, 2.24) is 9.97 Å². The number of nitrogens with zero attached hydrogens (tertiary/aromatic N) is 2. The van der Waals surface area contributed by atoms with Crippen molar-refractivity contribution in [3.63, 3.8) is 0 Å². The number of amidine groups is 1. The van der Waals surface area contributed by atoms with Crippen LogP contribution in [0, 0.1) is 5.41 Å². The van der Waals surface area contributed by atoms with E-state index in [4.69, 9.17) is 15.6 Å². The molecule has 70 valence electrons. The highest BCUT2D eigenvalue weighted by molar-refractivity contribution is 5.90. The number of nitrogens with two attached hydrogens (primary N) is 1. The predicted molar refractivity (Wildman–Crippen MR) is 50.8 cm³/mol. The summed E-state index contributed by atoms with van der Waals surface area (Å²) < 4.78 is 5.24. The first kappa shape index (κ1) is 8.43. The van der Waals surface area contributed by atoms with Crippen LogP contribution >= 0.6 is 0 Å². The average Bonchev–Trinajstić information content (AvgIpc) is 2.68. The van der Waals surface area contributed by atoms with Gasteiger partial charge >= 0.3 is 0 Å². The van der Waals surface area contributed by atoms with E-state index in [1.54, 1.807) is 24.5 Å². The molecule has 2 rings (SSSR count). The molecule has 0 aliphatic rings. The van der Waals surface area contributed by atoms with Crippen molar-refractivity contribution in [3.05, 3.63) is 36.6 Å². The van der Waals surface area contributed by atoms with Crippen LogP contribution in [0.4, 0.5) is 0 Å². The molecule has 3 N–H and O–H groups in total. The van der Waals surface area contributed by atoms with Gasteiger partial charge in [-0.15, -0.1) is 0 Å². The van der Waals surface area contributed by atoms with Crippen molar-refractivity contribution < 1.29 is 4.42 Å². The lowest BCUT2D eigenvalue weighted by molar-refractivity contribution is 0.559. The average molecular weight is 188 g/mol. The normalized spacial score (nSPS) is 10.0. The van der Waals surface area contributed by atoms with Crippen LogP contribution in [0.1, 0.15) is 5.89 Å². The Balaban J connectivity index is 2.39. The summed E-state index contributed by atoms with van der Waals surface area (Å²) in [6.45, 7) is 0. The number of aromatic nitrogens is 2. The first-order chi connectivity index (χ1) is 6.77. The predicted octanol–water partition coefficient (Wildman–Crippen LogP) is 1.02. The van der Waals surface area contributed by atoms with E-state index in [1.165, 1.54) is 6.20 Å². The molecule has 0 radical (unpaired) electrons. The van der Waals surface area contributed by atoms with E-state index in [0.29, 0.717) is 5.76 Å². The summed E-state index contributed by atoms with van der Waals surface area (Å²) >= 11 is 0. The molecule has 5 heteroatoms. The quantitative estimate of drug-likeness (QED) is 0.544. The van der Waals surface area contributed by atoms with E-state index >= 15 is 0 Å². The monoisotopic (exact) mass is 188 g/mol. The summed E-state index contributed by atoms with van der Waals surface area (Å²) in [6, 6.07) is 3.59. The molecular formula is C9H8N4O. The smallest absolute Gasteiger partial charge is 0.262 e. The van der Waals surface area contributed by atoms with Crippen molar-refractivity contribution in [2.24, 2.45) is 5.73 Å². The van der Waals surface area contributed by atoms with Gasteiger partial charge in [0, 0.05) is 18.0 Å². The van der Waals surface area contributed by atoms with Gasteiger partial charge in [-0.25, -0.2) is 4.98 Å². The van der Waals surface area contributed by atoms with Gasteiger partial charge in [0.05, 0.1) is 6.20 Å². The van der Waals surface area contributed by atoms with Crippen LogP contribution < -0.4 is 5.73 Å². The Morgan fingerprint density at radius 2 is 2.07 bits per heavy atom. The summed E-state index contributed by atoms with van der Waals surface area (Å²) in [5.41, 5.74) is 6.08. The maximum absolute atomic E-state index is 7.12. The van der Waals surface area contributed by atoms with Crippen molar-refractivity contribution in [3.8, 4) is 11.3 Å². The van der Waals surface area contributed by atoms with Crippen LogP contribution in [0.3, 0.4) is 0 Å². The number of rotatable bonds is 2. The van der Waals surface area contributed by atoms with Gasteiger partial charge in [-0.2, -0.15) is 0 Å². The summed E-state index contributed by atoms with van der Waals surface area (Å²) in [6.07, 6.45) is 4.85. The number of hydrogen-bond donors (Lipinski definition) is 2. The fourth-order valence-electron chi connectivity index (χ4n) is 1.05. The highest BCUT2D eigenvalue weighted by Crippen LogP contribution is 2.18. The van der Waals surface area contributed by atoms with Gasteiger partial charge in [0.1, 0.15) is 0 Å². The first-order valence-corrected chi connectivity index (χ1v) is 3.98. The summed E-state index contributed by atoms with van der Waals surface area (Å²) in [4.78, 5) is 7.74. The lowest BCUT2D eigenvalue weighted by Gasteiger charge is -1.93. The lowest BCUT2D eigenvalue weighted by atomic mass is 10.2. The van der Waals surface area contributed by atoms with Crippen molar-refractivity contribution >= 4 is 5.84 Å². The molecule has 2 heterocycles. The molecule has 0 aliphatic carbocycles. The standard InChI is InChI=1S/C9H8N4O/c10-8(11)9-13-5-7(14-9)6-1-3-12-4-2-6/h1-5H,(H3,10,11). The van der Waals surface area contributed by atoms with E-state index in [0.717, 1.165) is 5.56 Å². The maximum Gasteiger partial charge on any atom is 0.262 e. The Morgan fingerprint density at radius 1 is 1.36 bits per heavy atom. The van der Waals surface area contributed by atoms with Crippen molar-refractivity contribution in [1.29, 1.82) is 5.41 Å². The van der Waals surface area contributed by atoms with Crippen molar-refractivity contribution in [2.75, 3.05) is 0 Å². The summed E-state index contributed by atoms with van der Waals surface area (Å²) in [5, 5.41) is 7.12. The number of pyridine rings is 1. The Morgan fingerprint density at radius 3 is 2.64 bits per heavy atom. The summed E-state index contributed by atoms with van der Waals surface area (Å²) in [7, 11) is 0. The van der Waals surface area contributed by atoms with Gasteiger partial charge in [0.15, 0.2) is 11.6 Å². The van der Waals surface area contributed by atoms with Gasteiger partial charge in [0.25, 0.3) is 5.89 Å². The Bertz CT molecular complexity index is 449. The van der Waals surface area contributed by atoms with E-state index in [-0.39, 0.29) is 11.7 Å². The van der Waals surface area contributed by atoms with E-state index in [9.17, 15) is 0 Å². The zero-order valence-corrected chi connectivity index (χ0v) is 7.27. The topological polar surface area (TPSA) is 88.8 Å². The highest BCUT2D eigenvalue weighted by Gasteiger charge is 2.07. The fourth-order valence-corrected chi connectivity index (χ4v) is 1.05. The van der Waals surface area contributed by atoms with Gasteiger partial charge in [-0.1, -0.05) is 0 Å². The number of oxazole rings is 1. The summed E-state index contributed by atoms with van der Waals surface area (Å²) in [5.74, 6) is 0.541. The molecule has 0 bridgehead atoms. The van der Waals surface area contributed by atoms with Crippen LogP contribution in [-0.4, -0.2) is 15.8 Å². The Hall–Kier alpha value is -2.17. The second-order valence-corrected chi connectivity index (χ2v) is 2.68. The second-order valence-electron chi connectivity index (χ2n) is 2.68. The van der Waals surface area contributed by atoms with Crippen LogP contribution in [0.5, 0.6) is 0 Å². The lowest BCUT2D eigenvalue weighted by Crippen LogP contribution is -2.10. The molecule has 14 heavy (non-hydrogen) atoms. The third-order valence-corrected chi connectivity index (χ3v) is 1.70. The van der Waals surface area contributed by atoms with E-state index in [1.807, 2.05) is 0 Å². The van der Waals surface area contributed by atoms with E-state index in [2.05, 4.69) is 9.97 Å². The molecule has 0 unspecified atom stereocenters. The molecule has 5 nitrogen and oxygen atoms in total. The SMILES string of the molecule is N=C(N)c1ncc(-c2ccncc2)o1. The second kappa shape index (κ2) is 3.29. The maximum atomic E-state index is 7.12. The molecule has 0 saturated carbocycles. The molecular weight excluding hydrogens is 180 g/mol. The zero-order valence-electron chi connectivity index (χ0n) is 7.27. The van der Waals surface area contributed by atoms with Crippen LogP contribution in [0.2, 0.25) is 0 Å². The van der Waals surface area contributed by atoms with Gasteiger partial charge in [-0.05, 0) is 12.1 Å². The third kappa shape index (κ3) is 1.47. The molecule has 0 spiro atoms. The first-order valence-electron chi connectivity index (χ1n) is 3.98. The minimum atomic E-state index is -0.176. The minimum Gasteiger partial charge on any atom is -0.434 e. The van der Waals surface area contributed by atoms with Crippen LogP contribution in [0.15, 0.2) is 35.1 Å². The molecule has 0 atom stereocenters. The van der Waals surface area contributed by atoms with Gasteiger partial charge < -0.3 is 10.2 Å². The number of nitrogen functional groups attached to an aromatic ring is 1. The molecule has 0 fully saturated rings. The van der Waals surface area contributed by atoms with Gasteiger partial charge in [-0.3, -0.25) is 10.4 Å². The largest absolute Gasteiger partial charge is 0.434 e.